The Morgan fingerprint density at radius 2 is 2.27 bits per heavy atom. The van der Waals surface area contributed by atoms with Gasteiger partial charge < -0.3 is 5.11 Å². The fraction of sp³-hybridized carbons (Fsp3) is 0.769. The highest BCUT2D eigenvalue weighted by Crippen LogP contribution is 2.44. The Kier molecular flexibility index (Phi) is 4.20. The van der Waals surface area contributed by atoms with E-state index in [1.165, 1.54) is 6.42 Å². The maximum Gasteiger partial charge on any atom is 0.309 e. The van der Waals surface area contributed by atoms with Gasteiger partial charge in [0.05, 0.1) is 5.41 Å². The molecule has 2 heteroatoms. The lowest BCUT2D eigenvalue weighted by Gasteiger charge is -2.38. The first-order chi connectivity index (χ1) is 7.13. The summed E-state index contributed by atoms with van der Waals surface area (Å²) in [4.78, 5) is 11.4. The van der Waals surface area contributed by atoms with Crippen molar-refractivity contribution in [2.45, 2.75) is 52.4 Å². The van der Waals surface area contributed by atoms with Crippen LogP contribution in [0.5, 0.6) is 0 Å². The van der Waals surface area contributed by atoms with Crippen molar-refractivity contribution in [2.75, 3.05) is 0 Å². The van der Waals surface area contributed by atoms with E-state index in [1.807, 2.05) is 0 Å². The van der Waals surface area contributed by atoms with Crippen LogP contribution in [-0.2, 0) is 4.79 Å². The molecule has 0 radical (unpaired) electrons. The average molecular weight is 208 g/mol. The Balaban J connectivity index is 2.74. The van der Waals surface area contributed by atoms with E-state index in [9.17, 15) is 9.90 Å². The first kappa shape index (κ1) is 12.1. The maximum atomic E-state index is 11.4. The van der Waals surface area contributed by atoms with Crippen LogP contribution in [0.1, 0.15) is 52.4 Å². The summed E-state index contributed by atoms with van der Waals surface area (Å²) in [6.45, 7) is 3.88. The molecule has 84 valence electrons. The minimum atomic E-state index is -0.618. The van der Waals surface area contributed by atoms with Crippen LogP contribution in [0.2, 0.25) is 0 Å². The number of hydrogen-bond donors (Lipinski definition) is 1. The molecule has 0 saturated heterocycles. The van der Waals surface area contributed by atoms with Gasteiger partial charge in [0.2, 0.25) is 0 Å². The van der Waals surface area contributed by atoms with E-state index in [-0.39, 0.29) is 0 Å². The van der Waals surface area contributed by atoms with E-state index < -0.39 is 11.4 Å². The average Bonchev–Trinajstić information content (AvgIpc) is 2.21. The van der Waals surface area contributed by atoms with E-state index in [4.69, 9.17) is 0 Å². The van der Waals surface area contributed by atoms with Crippen LogP contribution in [0.15, 0.2) is 0 Å². The van der Waals surface area contributed by atoms with Gasteiger partial charge in [-0.15, -0.1) is 11.8 Å². The third kappa shape index (κ3) is 2.53. The van der Waals surface area contributed by atoms with Gasteiger partial charge in [0, 0.05) is 6.42 Å². The summed E-state index contributed by atoms with van der Waals surface area (Å²) in [5.74, 6) is 5.49. The Labute approximate surface area is 92.1 Å². The van der Waals surface area contributed by atoms with Crippen LogP contribution in [-0.4, -0.2) is 11.1 Å². The van der Waals surface area contributed by atoms with Crippen LogP contribution in [0.4, 0.5) is 0 Å². The second kappa shape index (κ2) is 5.21. The van der Waals surface area contributed by atoms with Crippen molar-refractivity contribution >= 4 is 5.97 Å². The molecular formula is C13H20O2. The fourth-order valence-electron chi connectivity index (χ4n) is 2.62. The van der Waals surface area contributed by atoms with E-state index in [2.05, 4.69) is 18.8 Å². The quantitative estimate of drug-likeness (QED) is 0.724. The molecule has 0 spiro atoms. The van der Waals surface area contributed by atoms with Crippen LogP contribution in [0, 0.1) is 23.2 Å². The zero-order chi connectivity index (χ0) is 11.3. The monoisotopic (exact) mass is 208 g/mol. The Morgan fingerprint density at radius 1 is 1.53 bits per heavy atom. The molecule has 0 aromatic heterocycles. The SMILES string of the molecule is CC#CCCC1(C(=O)O)CCCCC1C. The van der Waals surface area contributed by atoms with Gasteiger partial charge in [-0.1, -0.05) is 19.8 Å². The third-order valence-electron chi connectivity index (χ3n) is 3.75. The minimum absolute atomic E-state index is 0.294. The van der Waals surface area contributed by atoms with Gasteiger partial charge in [0.15, 0.2) is 0 Å². The number of carboxylic acids is 1. The molecule has 1 N–H and O–H groups in total. The van der Waals surface area contributed by atoms with Crippen molar-refractivity contribution in [3.63, 3.8) is 0 Å². The second-order valence-corrected chi connectivity index (χ2v) is 4.53. The van der Waals surface area contributed by atoms with Gasteiger partial charge in [0.1, 0.15) is 0 Å². The second-order valence-electron chi connectivity index (χ2n) is 4.53. The molecule has 0 bridgehead atoms. The van der Waals surface area contributed by atoms with Crippen LogP contribution in [0.3, 0.4) is 0 Å². The van der Waals surface area contributed by atoms with Gasteiger partial charge in [-0.25, -0.2) is 0 Å². The van der Waals surface area contributed by atoms with Crippen LogP contribution in [0.25, 0.3) is 0 Å². The maximum absolute atomic E-state index is 11.4. The number of carbonyl (C=O) groups is 1. The molecule has 1 rings (SSSR count). The summed E-state index contributed by atoms with van der Waals surface area (Å²) >= 11 is 0. The van der Waals surface area contributed by atoms with Gasteiger partial charge in [-0.3, -0.25) is 4.79 Å². The molecule has 2 unspecified atom stereocenters. The predicted octanol–water partition coefficient (Wildman–Crippen LogP) is 3.07. The summed E-state index contributed by atoms with van der Waals surface area (Å²) in [7, 11) is 0. The lowest BCUT2D eigenvalue weighted by molar-refractivity contribution is -0.155. The standard InChI is InChI=1S/C13H20O2/c1-3-4-6-9-13(12(14)15)10-7-5-8-11(13)2/h11H,5-10H2,1-2H3,(H,14,15). The highest BCUT2D eigenvalue weighted by molar-refractivity contribution is 5.75. The Hall–Kier alpha value is -0.970. The Bertz CT molecular complexity index is 285. The topological polar surface area (TPSA) is 37.3 Å². The van der Waals surface area contributed by atoms with Crippen molar-refractivity contribution in [2.24, 2.45) is 11.3 Å². The number of aliphatic carboxylic acids is 1. The van der Waals surface area contributed by atoms with E-state index in [0.29, 0.717) is 18.8 Å². The first-order valence-corrected chi connectivity index (χ1v) is 5.76. The molecule has 1 aliphatic rings. The zero-order valence-corrected chi connectivity index (χ0v) is 9.68. The molecule has 2 atom stereocenters. The lowest BCUT2D eigenvalue weighted by atomic mass is 9.64. The molecule has 0 aromatic carbocycles. The molecule has 0 aliphatic heterocycles. The van der Waals surface area contributed by atoms with Crippen molar-refractivity contribution in [1.29, 1.82) is 0 Å². The summed E-state index contributed by atoms with van der Waals surface area (Å²) in [6, 6.07) is 0. The fourth-order valence-corrected chi connectivity index (χ4v) is 2.62. The van der Waals surface area contributed by atoms with Crippen molar-refractivity contribution in [3.05, 3.63) is 0 Å². The first-order valence-electron chi connectivity index (χ1n) is 5.76. The van der Waals surface area contributed by atoms with E-state index in [1.54, 1.807) is 6.92 Å². The summed E-state index contributed by atoms with van der Waals surface area (Å²) in [5.41, 5.74) is -0.498. The van der Waals surface area contributed by atoms with E-state index in [0.717, 1.165) is 19.3 Å². The van der Waals surface area contributed by atoms with Crippen molar-refractivity contribution in [1.82, 2.24) is 0 Å². The van der Waals surface area contributed by atoms with Gasteiger partial charge >= 0.3 is 5.97 Å². The van der Waals surface area contributed by atoms with Gasteiger partial charge in [-0.05, 0) is 32.1 Å². The molecule has 15 heavy (non-hydrogen) atoms. The predicted molar refractivity (Wildman–Crippen MR) is 60.4 cm³/mol. The highest BCUT2D eigenvalue weighted by atomic mass is 16.4. The molecule has 2 nitrogen and oxygen atoms in total. The summed E-state index contributed by atoms with van der Waals surface area (Å²) in [5, 5.41) is 9.41. The summed E-state index contributed by atoms with van der Waals surface area (Å²) < 4.78 is 0. The zero-order valence-electron chi connectivity index (χ0n) is 9.68. The van der Waals surface area contributed by atoms with E-state index >= 15 is 0 Å². The largest absolute Gasteiger partial charge is 0.481 e. The molecular weight excluding hydrogens is 188 g/mol. The molecule has 0 amide bonds. The lowest BCUT2D eigenvalue weighted by Crippen LogP contribution is -2.39. The van der Waals surface area contributed by atoms with Crippen molar-refractivity contribution in [3.8, 4) is 11.8 Å². The molecule has 0 heterocycles. The van der Waals surface area contributed by atoms with Gasteiger partial charge in [-0.2, -0.15) is 0 Å². The van der Waals surface area contributed by atoms with Gasteiger partial charge in [0.25, 0.3) is 0 Å². The highest BCUT2D eigenvalue weighted by Gasteiger charge is 2.44. The van der Waals surface area contributed by atoms with Crippen molar-refractivity contribution < 1.29 is 9.90 Å². The Morgan fingerprint density at radius 3 is 2.80 bits per heavy atom. The molecule has 1 saturated carbocycles. The summed E-state index contributed by atoms with van der Waals surface area (Å²) in [6.07, 6.45) is 5.53. The third-order valence-corrected chi connectivity index (χ3v) is 3.75. The number of rotatable bonds is 3. The molecule has 1 aliphatic carbocycles. The normalized spacial score (nSPS) is 30.4. The molecule has 0 aromatic rings. The molecule has 1 fully saturated rings. The number of hydrogen-bond acceptors (Lipinski definition) is 1. The minimum Gasteiger partial charge on any atom is -0.481 e. The smallest absolute Gasteiger partial charge is 0.309 e. The van der Waals surface area contributed by atoms with Crippen LogP contribution < -0.4 is 0 Å². The van der Waals surface area contributed by atoms with Crippen LogP contribution >= 0.6 is 0 Å². The number of carboxylic acid groups (broad SMARTS) is 1.